The van der Waals surface area contributed by atoms with Crippen LogP contribution in [0.25, 0.3) is 5.57 Å². The Kier molecular flexibility index (Phi) is 20.9. The van der Waals surface area contributed by atoms with Crippen LogP contribution < -0.4 is 21.4 Å². The number of hydrogen-bond donors (Lipinski definition) is 4. The van der Waals surface area contributed by atoms with Crippen molar-refractivity contribution in [1.29, 1.82) is 0 Å². The number of methoxy groups -OCH3 is 2. The standard InChI is InChI=1S/C56H66F10N8O8/c1-31-34(14-17-47(69-31)72-25-38-15-16-39(26-72)74(38)40-29-82-30-40)13-12-32-8-10-33(11-9-32)18-36(21-45(75)49(70-52(79)81-7)54(4,5)56(64,65)66)46(76)28-73(71-50(78)42(22-48(77)80-6)53(2,3)55(61,62)63)27-41-43(57)19-35(20-44(41)58)37(23-67)24-68-51(59)60/h8-11,14,17,19-20,23-24,36,38-40,42,46,49,51,76H,15-16,18,21-22,25-30,67H2,1-7H3,(H,70,79)(H,71,78)/t36-,38?,39?,42-,46+,49-/m1/s1. The molecule has 6 atom stereocenters. The summed E-state index contributed by atoms with van der Waals surface area (Å²) in [6.07, 6.45) is -12.8. The molecule has 82 heavy (non-hydrogen) atoms. The van der Waals surface area contributed by atoms with Gasteiger partial charge in [-0.3, -0.25) is 24.7 Å². The number of nitrogens with zero attached hydrogens (tertiary/aromatic N) is 5. The van der Waals surface area contributed by atoms with Gasteiger partial charge >= 0.3 is 31.0 Å². The molecule has 6 rings (SSSR count). The number of esters is 1. The highest BCUT2D eigenvalue weighted by Gasteiger charge is 2.57. The molecule has 16 nitrogen and oxygen atoms in total. The highest BCUT2D eigenvalue weighted by molar-refractivity contribution is 6.09. The van der Waals surface area contributed by atoms with Gasteiger partial charge in [0.25, 0.3) is 0 Å². The van der Waals surface area contributed by atoms with E-state index in [-0.39, 0.29) is 12.0 Å². The number of benzene rings is 2. The maximum Gasteiger partial charge on any atom is 0.407 e. The molecule has 0 radical (unpaired) electrons. The number of aliphatic imine (C=N–C) groups is 1. The Hall–Kier alpha value is -6.82. The molecule has 3 saturated heterocycles. The van der Waals surface area contributed by atoms with E-state index in [9.17, 15) is 59.4 Å². The number of hydrogen-bond acceptors (Lipinski definition) is 14. The number of nitrogens with two attached hydrogens (primary N) is 1. The molecule has 4 heterocycles. The number of pyridine rings is 1. The maximum atomic E-state index is 16.1. The first-order valence-electron chi connectivity index (χ1n) is 26.1. The highest BCUT2D eigenvalue weighted by atomic mass is 19.4. The molecule has 1 aromatic heterocycles. The molecule has 0 spiro atoms. The average molecular weight is 1170 g/mol. The first-order valence-corrected chi connectivity index (χ1v) is 26.1. The maximum absolute atomic E-state index is 16.1. The first kappa shape index (κ1) is 64.3. The van der Waals surface area contributed by atoms with Crippen LogP contribution in [-0.4, -0.2) is 146 Å². The predicted octanol–water partition coefficient (Wildman–Crippen LogP) is 7.81. The number of ether oxygens (including phenoxy) is 3. The van der Waals surface area contributed by atoms with E-state index in [1.54, 1.807) is 12.1 Å². The van der Waals surface area contributed by atoms with Crippen molar-refractivity contribution >= 4 is 41.4 Å². The number of ketones is 1. The molecule has 5 N–H and O–H groups in total. The third-order valence-corrected chi connectivity index (χ3v) is 15.5. The fraction of sp³-hybridized carbons (Fsp3) is 0.536. The lowest BCUT2D eigenvalue weighted by Crippen LogP contribution is -2.62. The lowest BCUT2D eigenvalue weighted by Gasteiger charge is -2.48. The number of halogens is 10. The lowest BCUT2D eigenvalue weighted by molar-refractivity contribution is -0.231. The molecule has 3 aliphatic heterocycles. The molecule has 0 aliphatic carbocycles. The summed E-state index contributed by atoms with van der Waals surface area (Å²) in [5, 5.41) is 14.7. The van der Waals surface area contributed by atoms with E-state index in [1.165, 1.54) is 12.1 Å². The van der Waals surface area contributed by atoms with Crippen molar-refractivity contribution in [3.8, 4) is 11.8 Å². The second-order valence-electron chi connectivity index (χ2n) is 21.7. The van der Waals surface area contributed by atoms with Gasteiger partial charge in [0.2, 0.25) is 5.91 Å². The summed E-state index contributed by atoms with van der Waals surface area (Å²) in [4.78, 5) is 65.9. The van der Waals surface area contributed by atoms with E-state index in [1.807, 2.05) is 24.4 Å². The van der Waals surface area contributed by atoms with Crippen molar-refractivity contribution in [1.82, 2.24) is 25.6 Å². The number of rotatable bonds is 22. The van der Waals surface area contributed by atoms with Crippen LogP contribution in [0.4, 0.5) is 54.5 Å². The minimum Gasteiger partial charge on any atom is -0.469 e. The molecular weight excluding hydrogens is 1100 g/mol. The number of piperazine rings is 1. The second-order valence-corrected chi connectivity index (χ2v) is 21.7. The van der Waals surface area contributed by atoms with Crippen LogP contribution in [0, 0.1) is 53.1 Å². The number of Topliss-reactive ketones (excluding diaryl/α,β-unsaturated/α-hetero) is 1. The van der Waals surface area contributed by atoms with Gasteiger partial charge in [0.15, 0.2) is 5.78 Å². The summed E-state index contributed by atoms with van der Waals surface area (Å²) in [5.74, 6) is -3.82. The Bertz CT molecular complexity index is 2870. The van der Waals surface area contributed by atoms with Gasteiger partial charge in [0.05, 0.1) is 68.4 Å². The summed E-state index contributed by atoms with van der Waals surface area (Å²) >= 11 is 0. The van der Waals surface area contributed by atoms with E-state index < -0.39 is 126 Å². The number of aliphatic hydroxyl groups is 1. The zero-order valence-electron chi connectivity index (χ0n) is 46.1. The molecule has 3 aromatic rings. The number of aromatic nitrogens is 1. The van der Waals surface area contributed by atoms with Crippen molar-refractivity contribution < 1.29 is 82.4 Å². The van der Waals surface area contributed by atoms with Crippen LogP contribution in [0.5, 0.6) is 0 Å². The molecule has 2 aromatic carbocycles. The quantitative estimate of drug-likeness (QED) is 0.0190. The normalized spacial score (nSPS) is 18.8. The van der Waals surface area contributed by atoms with Gasteiger partial charge in [-0.25, -0.2) is 28.6 Å². The molecule has 448 valence electrons. The van der Waals surface area contributed by atoms with Gasteiger partial charge in [0, 0.05) is 79.4 Å². The average Bonchev–Trinajstić information content (AvgIpc) is 3.68. The smallest absolute Gasteiger partial charge is 0.407 e. The molecule has 26 heteroatoms. The van der Waals surface area contributed by atoms with E-state index in [0.717, 1.165) is 59.2 Å². The third-order valence-electron chi connectivity index (χ3n) is 15.5. The van der Waals surface area contributed by atoms with Crippen LogP contribution in [-0.2, 0) is 41.6 Å². The largest absolute Gasteiger partial charge is 0.469 e. The number of fused-ring (bicyclic) bond motifs is 2. The van der Waals surface area contributed by atoms with Crippen LogP contribution >= 0.6 is 0 Å². The number of allylic oxidation sites excluding steroid dienone is 1. The number of aryl methyl sites for hydroxylation is 1. The minimum atomic E-state index is -5.17. The zero-order chi connectivity index (χ0) is 60.6. The van der Waals surface area contributed by atoms with Crippen molar-refractivity contribution in [2.45, 2.75) is 122 Å². The van der Waals surface area contributed by atoms with Gasteiger partial charge in [-0.15, -0.1) is 0 Å². The van der Waals surface area contributed by atoms with Gasteiger partial charge in [-0.05, 0) is 93.5 Å². The first-order chi connectivity index (χ1) is 38.4. The Morgan fingerprint density at radius 3 is 2.01 bits per heavy atom. The Morgan fingerprint density at radius 1 is 0.890 bits per heavy atom. The van der Waals surface area contributed by atoms with E-state index in [2.05, 4.69) is 41.5 Å². The summed E-state index contributed by atoms with van der Waals surface area (Å²) in [6.45, 7) is 2.09. The molecule has 2 amide bonds. The fourth-order valence-electron chi connectivity index (χ4n) is 10.2. The zero-order valence-corrected chi connectivity index (χ0v) is 46.1. The molecule has 2 unspecified atom stereocenters. The SMILES string of the molecule is COC(=O)C[C@H](C(=O)NN(Cc1c(F)cc(C(C=NC(F)F)=CN)cc1F)C[C@H](O)[C@@H](CC(=O)[C@@H](NC(=O)OC)C(C)(C)C(F)(F)F)Cc1ccc(C#Cc2ccc(N3CC4CCC(C3)N4C3COC3)nc2C)cc1)C(C)(C)C(F)(F)F. The Morgan fingerprint density at radius 2 is 1.50 bits per heavy atom. The predicted molar refractivity (Wildman–Crippen MR) is 280 cm³/mol. The van der Waals surface area contributed by atoms with E-state index in [4.69, 9.17) is 15.5 Å². The van der Waals surface area contributed by atoms with Crippen molar-refractivity contribution in [3.05, 3.63) is 99.9 Å². The molecule has 2 bridgehead atoms. The molecule has 3 aliphatic rings. The number of hydrazine groups is 1. The Balaban J connectivity index is 1.33. The number of nitrogens with one attached hydrogen (secondary N) is 2. The lowest BCUT2D eigenvalue weighted by atomic mass is 9.75. The van der Waals surface area contributed by atoms with Crippen LogP contribution in [0.1, 0.15) is 86.9 Å². The van der Waals surface area contributed by atoms with E-state index in [0.29, 0.717) is 97.8 Å². The number of alkyl carbamates (subject to hydrolysis) is 1. The number of carbonyl (C=O) groups excluding carboxylic acids is 4. The van der Waals surface area contributed by atoms with Crippen LogP contribution in [0.15, 0.2) is 59.7 Å². The van der Waals surface area contributed by atoms with E-state index >= 15 is 8.78 Å². The Labute approximate surface area is 467 Å². The molecule has 3 fully saturated rings. The molecule has 0 saturated carbocycles. The summed E-state index contributed by atoms with van der Waals surface area (Å²) in [6, 6.07) is 10.2. The number of amides is 2. The number of aliphatic hydroxyl groups excluding tert-OH is 1. The fourth-order valence-corrected chi connectivity index (χ4v) is 10.2. The number of alkyl halides is 8. The van der Waals surface area contributed by atoms with Crippen LogP contribution in [0.2, 0.25) is 0 Å². The van der Waals surface area contributed by atoms with Gasteiger partial charge in [-0.2, -0.15) is 35.1 Å². The minimum absolute atomic E-state index is 0.337. The van der Waals surface area contributed by atoms with Crippen molar-refractivity contribution in [2.75, 3.05) is 52.0 Å². The van der Waals surface area contributed by atoms with Crippen molar-refractivity contribution in [3.63, 3.8) is 0 Å². The van der Waals surface area contributed by atoms with Gasteiger partial charge in [0.1, 0.15) is 23.5 Å². The topological polar surface area (TPSA) is 201 Å². The summed E-state index contributed by atoms with van der Waals surface area (Å²) in [7, 11) is 1.69. The van der Waals surface area contributed by atoms with Gasteiger partial charge in [-0.1, -0.05) is 37.8 Å². The highest BCUT2D eigenvalue weighted by Crippen LogP contribution is 2.46. The number of anilines is 1. The summed E-state index contributed by atoms with van der Waals surface area (Å²) in [5.41, 5.74) is 2.05. The summed E-state index contributed by atoms with van der Waals surface area (Å²) < 4.78 is 160. The molecular formula is C56H66F10N8O8. The van der Waals surface area contributed by atoms with Gasteiger partial charge < -0.3 is 35.3 Å². The number of carbonyl (C=O) groups is 4. The van der Waals surface area contributed by atoms with Crippen molar-refractivity contribution in [2.24, 2.45) is 33.4 Å². The second kappa shape index (κ2) is 26.6. The third kappa shape index (κ3) is 15.4. The monoisotopic (exact) mass is 1170 g/mol. The van der Waals surface area contributed by atoms with Crippen LogP contribution in [0.3, 0.4) is 0 Å².